The van der Waals surface area contributed by atoms with Gasteiger partial charge in [0, 0.05) is 36.2 Å². The second-order valence-corrected chi connectivity index (χ2v) is 10.0. The lowest BCUT2D eigenvalue weighted by Gasteiger charge is -2.24. The van der Waals surface area contributed by atoms with E-state index in [1.807, 2.05) is 0 Å². The number of rotatable bonds is 11. The Kier molecular flexibility index (Phi) is 8.29. The van der Waals surface area contributed by atoms with E-state index in [-0.39, 0.29) is 30.7 Å². The van der Waals surface area contributed by atoms with Crippen LogP contribution < -0.4 is 4.31 Å². The molecule has 2 heterocycles. The number of methoxy groups -OCH3 is 1. The molecule has 2 aromatic carbocycles. The quantitative estimate of drug-likeness (QED) is 0.231. The van der Waals surface area contributed by atoms with Crippen molar-refractivity contribution in [3.05, 3.63) is 77.8 Å². The van der Waals surface area contributed by atoms with E-state index < -0.39 is 10.0 Å². The van der Waals surface area contributed by atoms with Crippen molar-refractivity contribution >= 4 is 15.8 Å². The molecule has 0 atom stereocenters. The molecule has 11 heteroatoms. The second kappa shape index (κ2) is 11.6. The monoisotopic (exact) mass is 524 g/mol. The molecule has 0 bridgehead atoms. The number of aliphatic hydroxyl groups excluding tert-OH is 1. The maximum absolute atomic E-state index is 14.1. The molecule has 0 unspecified atom stereocenters. The molecule has 0 saturated heterocycles. The number of nitrogens with zero attached hydrogens (tertiary/aromatic N) is 4. The third-order valence-corrected chi connectivity index (χ3v) is 7.62. The Labute approximate surface area is 215 Å². The molecule has 194 valence electrons. The fourth-order valence-corrected chi connectivity index (χ4v) is 5.34. The largest absolute Gasteiger partial charge is 0.392 e. The van der Waals surface area contributed by atoms with Gasteiger partial charge in [-0.15, -0.1) is 0 Å². The number of aliphatic hydroxyl groups is 1. The summed E-state index contributed by atoms with van der Waals surface area (Å²) in [4.78, 5) is 8.55. The molecule has 0 amide bonds. The summed E-state index contributed by atoms with van der Waals surface area (Å²) >= 11 is 0. The predicted octanol–water partition coefficient (Wildman–Crippen LogP) is 3.72. The minimum absolute atomic E-state index is 0.0313. The molecule has 2 aromatic heterocycles. The second-order valence-electron chi connectivity index (χ2n) is 8.17. The van der Waals surface area contributed by atoms with Crippen LogP contribution in [0.25, 0.3) is 22.5 Å². The van der Waals surface area contributed by atoms with Crippen molar-refractivity contribution < 1.29 is 27.5 Å². The van der Waals surface area contributed by atoms with Crippen LogP contribution in [0, 0.1) is 13.8 Å². The van der Waals surface area contributed by atoms with Gasteiger partial charge in [-0.05, 0) is 43.2 Å². The average Bonchev–Trinajstić information content (AvgIpc) is 3.26. The lowest BCUT2D eigenvalue weighted by atomic mass is 9.97. The summed E-state index contributed by atoms with van der Waals surface area (Å²) in [5, 5.41) is 14.2. The molecule has 0 saturated carbocycles. The maximum Gasteiger partial charge on any atom is 0.268 e. The Hall–Kier alpha value is -3.64. The third-order valence-electron chi connectivity index (χ3n) is 5.85. The highest BCUT2D eigenvalue weighted by molar-refractivity contribution is 7.93. The summed E-state index contributed by atoms with van der Waals surface area (Å²) in [7, 11) is -2.64. The van der Waals surface area contributed by atoms with Gasteiger partial charge in [-0.1, -0.05) is 35.5 Å². The zero-order chi connectivity index (χ0) is 26.4. The normalized spacial score (nSPS) is 11.6. The van der Waals surface area contributed by atoms with Gasteiger partial charge in [-0.2, -0.15) is 0 Å². The molecule has 10 nitrogen and oxygen atoms in total. The van der Waals surface area contributed by atoms with Gasteiger partial charge in [0.05, 0.1) is 24.7 Å². The number of hydrogen-bond acceptors (Lipinski definition) is 9. The number of aromatic nitrogens is 3. The number of sulfonamides is 1. The van der Waals surface area contributed by atoms with Crippen molar-refractivity contribution in [2.75, 3.05) is 31.4 Å². The van der Waals surface area contributed by atoms with Crippen LogP contribution in [0.1, 0.15) is 16.9 Å². The van der Waals surface area contributed by atoms with Crippen LogP contribution in [0.3, 0.4) is 0 Å². The molecule has 4 rings (SSSR count). The molecular formula is C26H28N4O6S. The minimum Gasteiger partial charge on any atom is -0.392 e. The van der Waals surface area contributed by atoms with Gasteiger partial charge in [-0.3, -0.25) is 0 Å². The molecule has 0 aliphatic carbocycles. The van der Waals surface area contributed by atoms with Crippen molar-refractivity contribution in [2.45, 2.75) is 25.3 Å². The van der Waals surface area contributed by atoms with Gasteiger partial charge < -0.3 is 19.1 Å². The van der Waals surface area contributed by atoms with E-state index in [1.165, 1.54) is 13.2 Å². The Morgan fingerprint density at radius 2 is 1.76 bits per heavy atom. The van der Waals surface area contributed by atoms with E-state index in [0.29, 0.717) is 46.0 Å². The SMILES string of the molecule is COCCOCN(c1noc(C)c1C)S(=O)(=O)c1ccccc1-c1ccc(-c2ncccn2)cc1CO. The van der Waals surface area contributed by atoms with E-state index in [2.05, 4.69) is 15.1 Å². The highest BCUT2D eigenvalue weighted by Crippen LogP contribution is 2.35. The van der Waals surface area contributed by atoms with Crippen LogP contribution in [0.5, 0.6) is 0 Å². The first kappa shape index (κ1) is 26.4. The topological polar surface area (TPSA) is 128 Å². The zero-order valence-corrected chi connectivity index (χ0v) is 21.6. The maximum atomic E-state index is 14.1. The molecule has 1 N–H and O–H groups in total. The molecule has 0 aliphatic rings. The molecule has 37 heavy (non-hydrogen) atoms. The predicted molar refractivity (Wildman–Crippen MR) is 137 cm³/mol. The van der Waals surface area contributed by atoms with Gasteiger partial charge in [-0.25, -0.2) is 22.7 Å². The van der Waals surface area contributed by atoms with Crippen LogP contribution in [0.4, 0.5) is 5.82 Å². The zero-order valence-electron chi connectivity index (χ0n) is 20.8. The first-order valence-electron chi connectivity index (χ1n) is 11.5. The van der Waals surface area contributed by atoms with E-state index in [0.717, 1.165) is 4.31 Å². The lowest BCUT2D eigenvalue weighted by Crippen LogP contribution is -2.35. The van der Waals surface area contributed by atoms with Crippen molar-refractivity contribution in [2.24, 2.45) is 0 Å². The van der Waals surface area contributed by atoms with E-state index in [4.69, 9.17) is 14.0 Å². The Bertz CT molecular complexity index is 1460. The molecule has 0 radical (unpaired) electrons. The number of hydrogen-bond donors (Lipinski definition) is 1. The van der Waals surface area contributed by atoms with E-state index in [9.17, 15) is 13.5 Å². The molecule has 0 aliphatic heterocycles. The van der Waals surface area contributed by atoms with Crippen LogP contribution >= 0.6 is 0 Å². The van der Waals surface area contributed by atoms with Crippen molar-refractivity contribution in [1.29, 1.82) is 0 Å². The number of ether oxygens (including phenoxy) is 2. The van der Waals surface area contributed by atoms with Crippen molar-refractivity contribution in [3.8, 4) is 22.5 Å². The summed E-state index contributed by atoms with van der Waals surface area (Å²) in [6.45, 7) is 3.34. The summed E-state index contributed by atoms with van der Waals surface area (Å²) in [6, 6.07) is 13.6. The number of benzene rings is 2. The van der Waals surface area contributed by atoms with Gasteiger partial charge in [0.2, 0.25) is 0 Å². The van der Waals surface area contributed by atoms with Gasteiger partial charge >= 0.3 is 0 Å². The fraction of sp³-hybridized carbons (Fsp3) is 0.269. The molecule has 4 aromatic rings. The standard InChI is InChI=1S/C26H28N4O6S/c1-18-19(2)36-29-26(18)30(17-35-14-13-34-3)37(32,33)24-8-5-4-7-23(24)22-10-9-20(15-21(22)16-31)25-27-11-6-12-28-25/h4-12,15,31H,13-14,16-17H2,1-3H3. The first-order valence-corrected chi connectivity index (χ1v) is 12.9. The van der Waals surface area contributed by atoms with Crippen LogP contribution in [0.2, 0.25) is 0 Å². The van der Waals surface area contributed by atoms with Crippen LogP contribution in [0.15, 0.2) is 70.3 Å². The third kappa shape index (κ3) is 5.54. The Morgan fingerprint density at radius 1 is 1.00 bits per heavy atom. The molecular weight excluding hydrogens is 496 g/mol. The van der Waals surface area contributed by atoms with Crippen LogP contribution in [-0.2, 0) is 26.1 Å². The van der Waals surface area contributed by atoms with Crippen molar-refractivity contribution in [1.82, 2.24) is 15.1 Å². The number of anilines is 1. The lowest BCUT2D eigenvalue weighted by molar-refractivity contribution is 0.0753. The van der Waals surface area contributed by atoms with Crippen molar-refractivity contribution in [3.63, 3.8) is 0 Å². The average molecular weight is 525 g/mol. The Morgan fingerprint density at radius 3 is 2.43 bits per heavy atom. The van der Waals surface area contributed by atoms with Gasteiger partial charge in [0.1, 0.15) is 12.5 Å². The van der Waals surface area contributed by atoms with Gasteiger partial charge in [0.15, 0.2) is 11.6 Å². The first-order chi connectivity index (χ1) is 17.9. The minimum atomic E-state index is -4.18. The molecule has 0 fully saturated rings. The highest BCUT2D eigenvalue weighted by atomic mass is 32.2. The molecule has 0 spiro atoms. The smallest absolute Gasteiger partial charge is 0.268 e. The summed E-state index contributed by atoms with van der Waals surface area (Å²) in [5.41, 5.74) is 2.81. The summed E-state index contributed by atoms with van der Waals surface area (Å²) in [5.74, 6) is 1.14. The fourth-order valence-electron chi connectivity index (χ4n) is 3.78. The van der Waals surface area contributed by atoms with Crippen LogP contribution in [-0.4, -0.2) is 55.7 Å². The van der Waals surface area contributed by atoms with E-state index in [1.54, 1.807) is 68.7 Å². The van der Waals surface area contributed by atoms with Gasteiger partial charge in [0.25, 0.3) is 10.0 Å². The summed E-state index contributed by atoms with van der Waals surface area (Å²) in [6.07, 6.45) is 3.27. The Balaban J connectivity index is 1.80. The number of aryl methyl sites for hydroxylation is 1. The highest BCUT2D eigenvalue weighted by Gasteiger charge is 2.32. The summed E-state index contributed by atoms with van der Waals surface area (Å²) < 4.78 is 45.1. The van der Waals surface area contributed by atoms with E-state index >= 15 is 0 Å².